The number of amides is 1. The lowest BCUT2D eigenvalue weighted by Crippen LogP contribution is -2.47. The Morgan fingerprint density at radius 1 is 1.62 bits per heavy atom. The summed E-state index contributed by atoms with van der Waals surface area (Å²) in [6.07, 6.45) is 4.60. The third-order valence-corrected chi connectivity index (χ3v) is 3.39. The van der Waals surface area contributed by atoms with Crippen LogP contribution in [0, 0.1) is 0 Å². The van der Waals surface area contributed by atoms with Crippen molar-refractivity contribution in [2.24, 2.45) is 5.73 Å². The van der Waals surface area contributed by atoms with Gasteiger partial charge in [-0.15, -0.1) is 0 Å². The van der Waals surface area contributed by atoms with Gasteiger partial charge in [0.2, 0.25) is 5.91 Å². The van der Waals surface area contributed by atoms with E-state index in [0.29, 0.717) is 12.6 Å². The van der Waals surface area contributed by atoms with Crippen molar-refractivity contribution in [2.45, 2.75) is 51.6 Å². The number of carbonyl (C=O) groups is 1. The van der Waals surface area contributed by atoms with Crippen LogP contribution in [-0.2, 0) is 4.79 Å². The Morgan fingerprint density at radius 3 is 3.00 bits per heavy atom. The highest BCUT2D eigenvalue weighted by atomic mass is 16.2. The van der Waals surface area contributed by atoms with Gasteiger partial charge < -0.3 is 11.1 Å². The number of hydrogen-bond acceptors (Lipinski definition) is 3. The monoisotopic (exact) mass is 227 g/mol. The van der Waals surface area contributed by atoms with E-state index >= 15 is 0 Å². The second kappa shape index (κ2) is 6.86. The van der Waals surface area contributed by atoms with E-state index in [9.17, 15) is 4.79 Å². The molecule has 1 amide bonds. The normalized spacial score (nSPS) is 23.3. The van der Waals surface area contributed by atoms with Crippen molar-refractivity contribution in [3.8, 4) is 0 Å². The van der Waals surface area contributed by atoms with Crippen LogP contribution in [0.3, 0.4) is 0 Å². The van der Waals surface area contributed by atoms with E-state index in [-0.39, 0.29) is 11.9 Å². The summed E-state index contributed by atoms with van der Waals surface area (Å²) in [5, 5.41) is 2.89. The van der Waals surface area contributed by atoms with Gasteiger partial charge in [-0.1, -0.05) is 0 Å². The van der Waals surface area contributed by atoms with Gasteiger partial charge >= 0.3 is 0 Å². The summed E-state index contributed by atoms with van der Waals surface area (Å²) in [5.74, 6) is 0.155. The molecule has 4 heteroatoms. The minimum absolute atomic E-state index is 0.00484. The van der Waals surface area contributed by atoms with Gasteiger partial charge in [0.1, 0.15) is 0 Å². The zero-order valence-electron chi connectivity index (χ0n) is 10.5. The predicted molar refractivity (Wildman–Crippen MR) is 66.2 cm³/mol. The number of nitrogens with zero attached hydrogens (tertiary/aromatic N) is 1. The summed E-state index contributed by atoms with van der Waals surface area (Å²) in [7, 11) is 0. The van der Waals surface area contributed by atoms with Crippen molar-refractivity contribution < 1.29 is 4.79 Å². The van der Waals surface area contributed by atoms with E-state index in [1.807, 2.05) is 13.8 Å². The molecule has 3 N–H and O–H groups in total. The molecule has 0 aromatic rings. The molecule has 94 valence electrons. The molecule has 0 aromatic heterocycles. The quantitative estimate of drug-likeness (QED) is 0.703. The Kier molecular flexibility index (Phi) is 5.77. The van der Waals surface area contributed by atoms with Crippen LogP contribution in [0.4, 0.5) is 0 Å². The van der Waals surface area contributed by atoms with Crippen LogP contribution in [0.15, 0.2) is 0 Å². The van der Waals surface area contributed by atoms with Crippen molar-refractivity contribution in [1.82, 2.24) is 10.2 Å². The molecule has 0 aromatic carbocycles. The standard InChI is InChI=1S/C12H25N3O/c1-3-14-12(16)10(2)15-9-5-7-11(15)6-4-8-13/h10-11H,3-9,13H2,1-2H3,(H,14,16). The van der Waals surface area contributed by atoms with Crippen molar-refractivity contribution in [3.05, 3.63) is 0 Å². The predicted octanol–water partition coefficient (Wildman–Crippen LogP) is 0.714. The first-order valence-electron chi connectivity index (χ1n) is 6.44. The lowest BCUT2D eigenvalue weighted by Gasteiger charge is -2.29. The number of likely N-dealkylation sites (tertiary alicyclic amines) is 1. The highest BCUT2D eigenvalue weighted by molar-refractivity contribution is 5.81. The maximum absolute atomic E-state index is 11.8. The van der Waals surface area contributed by atoms with E-state index in [1.54, 1.807) is 0 Å². The summed E-state index contributed by atoms with van der Waals surface area (Å²) in [5.41, 5.74) is 5.54. The molecule has 0 bridgehead atoms. The van der Waals surface area contributed by atoms with Crippen LogP contribution < -0.4 is 11.1 Å². The van der Waals surface area contributed by atoms with E-state index < -0.39 is 0 Å². The molecule has 1 fully saturated rings. The van der Waals surface area contributed by atoms with E-state index in [0.717, 1.165) is 25.9 Å². The minimum atomic E-state index is 0.00484. The van der Waals surface area contributed by atoms with Gasteiger partial charge in [-0.2, -0.15) is 0 Å². The van der Waals surface area contributed by atoms with Crippen LogP contribution in [0.25, 0.3) is 0 Å². The largest absolute Gasteiger partial charge is 0.355 e. The molecule has 1 rings (SSSR count). The summed E-state index contributed by atoms with van der Waals surface area (Å²) in [6, 6.07) is 0.561. The summed E-state index contributed by atoms with van der Waals surface area (Å²) < 4.78 is 0. The first kappa shape index (κ1) is 13.5. The summed E-state index contributed by atoms with van der Waals surface area (Å²) in [4.78, 5) is 14.1. The van der Waals surface area contributed by atoms with E-state index in [2.05, 4.69) is 10.2 Å². The minimum Gasteiger partial charge on any atom is -0.355 e. The number of nitrogens with one attached hydrogen (secondary N) is 1. The number of nitrogens with two attached hydrogens (primary N) is 1. The first-order chi connectivity index (χ1) is 7.70. The van der Waals surface area contributed by atoms with E-state index in [1.165, 1.54) is 12.8 Å². The fourth-order valence-corrected chi connectivity index (χ4v) is 2.50. The fourth-order valence-electron chi connectivity index (χ4n) is 2.50. The van der Waals surface area contributed by atoms with Crippen molar-refractivity contribution in [1.29, 1.82) is 0 Å². The van der Waals surface area contributed by atoms with Crippen LogP contribution in [0.1, 0.15) is 39.5 Å². The Hall–Kier alpha value is -0.610. The van der Waals surface area contributed by atoms with Crippen LogP contribution in [-0.4, -0.2) is 42.5 Å². The molecular formula is C12H25N3O. The molecule has 2 unspecified atom stereocenters. The highest BCUT2D eigenvalue weighted by Gasteiger charge is 2.30. The Balaban J connectivity index is 2.46. The Labute approximate surface area is 98.6 Å². The molecule has 1 aliphatic rings. The number of rotatable bonds is 6. The highest BCUT2D eigenvalue weighted by Crippen LogP contribution is 2.23. The second-order valence-corrected chi connectivity index (χ2v) is 4.54. The second-order valence-electron chi connectivity index (χ2n) is 4.54. The van der Waals surface area contributed by atoms with Gasteiger partial charge in [0.15, 0.2) is 0 Å². The number of hydrogen-bond donors (Lipinski definition) is 2. The SMILES string of the molecule is CCNC(=O)C(C)N1CCCC1CCCN. The van der Waals surface area contributed by atoms with Crippen LogP contribution in [0.5, 0.6) is 0 Å². The summed E-state index contributed by atoms with van der Waals surface area (Å²) >= 11 is 0. The average molecular weight is 227 g/mol. The molecule has 1 heterocycles. The fraction of sp³-hybridized carbons (Fsp3) is 0.917. The van der Waals surface area contributed by atoms with Gasteiger partial charge in [0.05, 0.1) is 6.04 Å². The average Bonchev–Trinajstić information content (AvgIpc) is 2.73. The molecule has 0 aliphatic carbocycles. The molecule has 0 spiro atoms. The lowest BCUT2D eigenvalue weighted by atomic mass is 10.1. The van der Waals surface area contributed by atoms with Gasteiger partial charge in [-0.25, -0.2) is 0 Å². The van der Waals surface area contributed by atoms with Crippen LogP contribution >= 0.6 is 0 Å². The van der Waals surface area contributed by atoms with Gasteiger partial charge in [-0.3, -0.25) is 9.69 Å². The Morgan fingerprint density at radius 2 is 2.38 bits per heavy atom. The third kappa shape index (κ3) is 3.46. The maximum Gasteiger partial charge on any atom is 0.237 e. The molecule has 1 saturated heterocycles. The number of carbonyl (C=O) groups excluding carboxylic acids is 1. The van der Waals surface area contributed by atoms with Crippen molar-refractivity contribution in [2.75, 3.05) is 19.6 Å². The lowest BCUT2D eigenvalue weighted by molar-refractivity contribution is -0.126. The summed E-state index contributed by atoms with van der Waals surface area (Å²) in [6.45, 7) is 6.48. The zero-order valence-corrected chi connectivity index (χ0v) is 10.5. The molecule has 4 nitrogen and oxygen atoms in total. The van der Waals surface area contributed by atoms with Gasteiger partial charge in [-0.05, 0) is 52.6 Å². The number of likely N-dealkylation sites (N-methyl/N-ethyl adjacent to an activating group) is 1. The molecule has 0 saturated carbocycles. The molecular weight excluding hydrogens is 202 g/mol. The first-order valence-corrected chi connectivity index (χ1v) is 6.44. The van der Waals surface area contributed by atoms with E-state index in [4.69, 9.17) is 5.73 Å². The maximum atomic E-state index is 11.8. The van der Waals surface area contributed by atoms with Gasteiger partial charge in [0, 0.05) is 12.6 Å². The third-order valence-electron chi connectivity index (χ3n) is 3.39. The van der Waals surface area contributed by atoms with Crippen LogP contribution in [0.2, 0.25) is 0 Å². The molecule has 2 atom stereocenters. The Bertz CT molecular complexity index is 220. The molecule has 1 aliphatic heterocycles. The topological polar surface area (TPSA) is 58.4 Å². The van der Waals surface area contributed by atoms with Gasteiger partial charge in [0.25, 0.3) is 0 Å². The van der Waals surface area contributed by atoms with Crippen molar-refractivity contribution >= 4 is 5.91 Å². The molecule has 0 radical (unpaired) electrons. The zero-order chi connectivity index (χ0) is 12.0. The smallest absolute Gasteiger partial charge is 0.237 e. The van der Waals surface area contributed by atoms with Crippen molar-refractivity contribution in [3.63, 3.8) is 0 Å². The molecule has 16 heavy (non-hydrogen) atoms.